The van der Waals surface area contributed by atoms with Crippen LogP contribution in [0.1, 0.15) is 70.9 Å². The first-order valence-electron chi connectivity index (χ1n) is 12.6. The number of rotatable bonds is 10. The zero-order valence-electron chi connectivity index (χ0n) is 21.6. The number of carbonyl (C=O) groups is 2. The number of aromatic nitrogens is 2. The van der Waals surface area contributed by atoms with Gasteiger partial charge in [0.25, 0.3) is 0 Å². The zero-order chi connectivity index (χ0) is 26.8. The van der Waals surface area contributed by atoms with Gasteiger partial charge in [0.2, 0.25) is 0 Å². The van der Waals surface area contributed by atoms with Gasteiger partial charge in [-0.3, -0.25) is 4.79 Å². The maximum atomic E-state index is 11.3. The molecule has 0 aliphatic rings. The van der Waals surface area contributed by atoms with Gasteiger partial charge in [-0.05, 0) is 92.7 Å². The summed E-state index contributed by atoms with van der Waals surface area (Å²) < 4.78 is 2.04. The number of nitrogens with zero attached hydrogens (tertiary/aromatic N) is 2. The number of carboxylic acids is 1. The maximum Gasteiger partial charge on any atom is 0.335 e. The van der Waals surface area contributed by atoms with Gasteiger partial charge in [0.1, 0.15) is 11.6 Å². The molecule has 1 atom stereocenters. The predicted octanol–water partition coefficient (Wildman–Crippen LogP) is 5.98. The van der Waals surface area contributed by atoms with Gasteiger partial charge in [-0.25, -0.2) is 9.78 Å². The minimum Gasteiger partial charge on any atom is -0.507 e. The fraction of sp³-hybridized carbons (Fsp3) is 0.300. The van der Waals surface area contributed by atoms with Crippen molar-refractivity contribution in [1.82, 2.24) is 14.9 Å². The van der Waals surface area contributed by atoms with E-state index in [1.807, 2.05) is 48.9 Å². The average molecular weight is 502 g/mol. The zero-order valence-corrected chi connectivity index (χ0v) is 21.6. The van der Waals surface area contributed by atoms with Crippen molar-refractivity contribution in [2.45, 2.75) is 45.4 Å². The Kier molecular flexibility index (Phi) is 9.98. The van der Waals surface area contributed by atoms with Gasteiger partial charge >= 0.3 is 5.97 Å². The summed E-state index contributed by atoms with van der Waals surface area (Å²) in [6.07, 6.45) is 8.54. The lowest BCUT2D eigenvalue weighted by Gasteiger charge is -2.11. The van der Waals surface area contributed by atoms with Crippen molar-refractivity contribution in [3.63, 3.8) is 0 Å². The van der Waals surface area contributed by atoms with E-state index in [9.17, 15) is 19.8 Å². The van der Waals surface area contributed by atoms with Crippen LogP contribution in [0, 0.1) is 0 Å². The minimum atomic E-state index is -0.899. The first kappa shape index (κ1) is 27.6. The van der Waals surface area contributed by atoms with Crippen molar-refractivity contribution in [2.75, 3.05) is 13.6 Å². The molecule has 0 saturated heterocycles. The molecule has 0 aliphatic carbocycles. The molecule has 0 spiro atoms. The van der Waals surface area contributed by atoms with E-state index in [2.05, 4.69) is 23.4 Å². The molecule has 3 N–H and O–H groups in total. The second kappa shape index (κ2) is 13.4. The summed E-state index contributed by atoms with van der Waals surface area (Å²) in [5, 5.41) is 23.1. The Hall–Kier alpha value is -3.97. The molecule has 0 amide bonds. The number of aromatic hydroxyl groups is 1. The molecule has 0 radical (unpaired) electrons. The fourth-order valence-corrected chi connectivity index (χ4v) is 4.23. The Bertz CT molecular complexity index is 1330. The minimum absolute atomic E-state index is 0.131. The molecule has 0 fully saturated rings. The highest BCUT2D eigenvalue weighted by Crippen LogP contribution is 2.30. The van der Waals surface area contributed by atoms with E-state index in [1.165, 1.54) is 0 Å². The summed E-state index contributed by atoms with van der Waals surface area (Å²) in [6, 6.07) is 16.3. The van der Waals surface area contributed by atoms with Gasteiger partial charge in [-0.1, -0.05) is 32.0 Å². The summed E-state index contributed by atoms with van der Waals surface area (Å²) in [6.45, 7) is 5.07. The number of unbranched alkanes of at least 4 members (excludes halogenated alkanes) is 1. The Morgan fingerprint density at radius 3 is 2.59 bits per heavy atom. The Morgan fingerprint density at radius 1 is 1.14 bits per heavy atom. The molecule has 0 aliphatic heterocycles. The summed E-state index contributed by atoms with van der Waals surface area (Å²) in [4.78, 5) is 26.3. The van der Waals surface area contributed by atoms with Gasteiger partial charge in [-0.15, -0.1) is 0 Å². The van der Waals surface area contributed by atoms with E-state index in [0.717, 1.165) is 60.1 Å². The van der Waals surface area contributed by atoms with E-state index in [0.29, 0.717) is 23.3 Å². The first-order valence-corrected chi connectivity index (χ1v) is 12.6. The monoisotopic (exact) mass is 501 g/mol. The topological polar surface area (TPSA) is 104 Å². The normalized spacial score (nSPS) is 11.5. The summed E-state index contributed by atoms with van der Waals surface area (Å²) in [7, 11) is 1.95. The van der Waals surface area contributed by atoms with Crippen LogP contribution in [0.5, 0.6) is 5.75 Å². The van der Waals surface area contributed by atoms with Crippen LogP contribution in [-0.4, -0.2) is 45.6 Å². The molecule has 0 bridgehead atoms. The standard InChI is InChI=1S/C19H21N3O2.C11H14O2/c1-20-10-4-2-6-15-13-22(18-7-3-5-11-21-18)17-9-8-14(19(23)24)12-16(15)17;1-3-8(2)10-6-4-5-9(7-12)11(10)13/h3,5,7-9,11-13,20H,2,4,6,10H2,1H3,(H,23,24);4-8,13H,3H2,1-2H3. The van der Waals surface area contributed by atoms with Crippen LogP contribution in [0.25, 0.3) is 16.7 Å². The van der Waals surface area contributed by atoms with Gasteiger partial charge in [0, 0.05) is 17.8 Å². The van der Waals surface area contributed by atoms with E-state index in [-0.39, 0.29) is 5.75 Å². The molecule has 37 heavy (non-hydrogen) atoms. The lowest BCUT2D eigenvalue weighted by Crippen LogP contribution is -2.07. The quantitative estimate of drug-likeness (QED) is 0.182. The number of nitrogens with one attached hydrogen (secondary N) is 1. The van der Waals surface area contributed by atoms with Crippen molar-refractivity contribution in [3.05, 3.63) is 89.2 Å². The van der Waals surface area contributed by atoms with Crippen molar-refractivity contribution in [2.24, 2.45) is 0 Å². The smallest absolute Gasteiger partial charge is 0.335 e. The van der Waals surface area contributed by atoms with Gasteiger partial charge in [-0.2, -0.15) is 0 Å². The molecule has 7 nitrogen and oxygen atoms in total. The molecule has 1 unspecified atom stereocenters. The van der Waals surface area contributed by atoms with Crippen molar-refractivity contribution in [3.8, 4) is 11.6 Å². The second-order valence-corrected chi connectivity index (χ2v) is 9.02. The first-order chi connectivity index (χ1) is 17.9. The Labute approximate surface area is 217 Å². The third-order valence-corrected chi connectivity index (χ3v) is 6.52. The molecular weight excluding hydrogens is 466 g/mol. The van der Waals surface area contributed by atoms with E-state index in [4.69, 9.17) is 0 Å². The van der Waals surface area contributed by atoms with Gasteiger partial charge in [0.15, 0.2) is 6.29 Å². The molecule has 2 heterocycles. The number of aryl methyl sites for hydroxylation is 1. The number of hydrogen-bond acceptors (Lipinski definition) is 5. The van der Waals surface area contributed by atoms with Crippen molar-refractivity contribution >= 4 is 23.2 Å². The van der Waals surface area contributed by atoms with Crippen LogP contribution in [0.4, 0.5) is 0 Å². The molecule has 0 saturated carbocycles. The van der Waals surface area contributed by atoms with Crippen LogP contribution in [0.3, 0.4) is 0 Å². The summed E-state index contributed by atoms with van der Waals surface area (Å²) in [5.74, 6) is 0.363. The number of pyridine rings is 1. The van der Waals surface area contributed by atoms with Crippen LogP contribution in [-0.2, 0) is 6.42 Å². The molecule has 4 aromatic rings. The average Bonchev–Trinajstić information content (AvgIpc) is 3.29. The van der Waals surface area contributed by atoms with Gasteiger partial charge in [0.05, 0.1) is 16.6 Å². The highest BCUT2D eigenvalue weighted by molar-refractivity contribution is 5.95. The van der Waals surface area contributed by atoms with Crippen molar-refractivity contribution in [1.29, 1.82) is 0 Å². The third-order valence-electron chi connectivity index (χ3n) is 6.52. The number of aromatic carboxylic acids is 1. The SMILES string of the molecule is CCC(C)c1cccc(C=O)c1O.CNCCCCc1cn(-c2ccccn2)c2ccc(C(=O)O)cc12. The fourth-order valence-electron chi connectivity index (χ4n) is 4.23. The number of benzene rings is 2. The van der Waals surface area contributed by atoms with Crippen molar-refractivity contribution < 1.29 is 19.8 Å². The van der Waals surface area contributed by atoms with E-state index < -0.39 is 5.97 Å². The highest BCUT2D eigenvalue weighted by Gasteiger charge is 2.13. The van der Waals surface area contributed by atoms with E-state index in [1.54, 1.807) is 30.5 Å². The molecular formula is C30H35N3O4. The predicted molar refractivity (Wildman–Crippen MR) is 147 cm³/mol. The highest BCUT2D eigenvalue weighted by atomic mass is 16.4. The second-order valence-electron chi connectivity index (χ2n) is 9.02. The largest absolute Gasteiger partial charge is 0.507 e. The maximum absolute atomic E-state index is 11.3. The number of aldehydes is 1. The Balaban J connectivity index is 0.000000248. The molecule has 2 aromatic carbocycles. The number of carboxylic acid groups (broad SMARTS) is 1. The number of para-hydroxylation sites is 1. The molecule has 7 heteroatoms. The summed E-state index contributed by atoms with van der Waals surface area (Å²) in [5.41, 5.74) is 3.69. The van der Waals surface area contributed by atoms with Crippen LogP contribution in [0.2, 0.25) is 0 Å². The van der Waals surface area contributed by atoms with E-state index >= 15 is 0 Å². The number of fused-ring (bicyclic) bond motifs is 1. The van der Waals surface area contributed by atoms with Gasteiger partial charge < -0.3 is 20.1 Å². The number of hydrogen-bond donors (Lipinski definition) is 3. The number of carbonyl (C=O) groups excluding carboxylic acids is 1. The molecule has 194 valence electrons. The van der Waals surface area contributed by atoms with Crippen LogP contribution < -0.4 is 5.32 Å². The van der Waals surface area contributed by atoms with Crippen LogP contribution >= 0.6 is 0 Å². The molecule has 2 aromatic heterocycles. The number of phenols is 1. The lowest BCUT2D eigenvalue weighted by atomic mass is 9.96. The Morgan fingerprint density at radius 2 is 1.95 bits per heavy atom. The number of phenolic OH excluding ortho intramolecular Hbond substituents is 1. The third kappa shape index (κ3) is 6.83. The summed E-state index contributed by atoms with van der Waals surface area (Å²) >= 11 is 0. The molecule has 4 rings (SSSR count). The van der Waals surface area contributed by atoms with Crippen LogP contribution in [0.15, 0.2) is 67.0 Å². The lowest BCUT2D eigenvalue weighted by molar-refractivity contribution is 0.0697.